The van der Waals surface area contributed by atoms with Gasteiger partial charge in [0.2, 0.25) is 0 Å². The van der Waals surface area contributed by atoms with Crippen LogP contribution in [0, 0.1) is 12.1 Å². The average Bonchev–Trinajstić information content (AvgIpc) is 2.56. The van der Waals surface area contributed by atoms with E-state index in [1.807, 2.05) is 50.2 Å². The Balaban J connectivity index is 1.91. The first kappa shape index (κ1) is 19.0. The molecule has 0 atom stereocenters. The van der Waals surface area contributed by atoms with Crippen LogP contribution in [0.3, 0.4) is 0 Å². The molecule has 0 saturated heterocycles. The van der Waals surface area contributed by atoms with E-state index in [0.29, 0.717) is 17.7 Å². The summed E-state index contributed by atoms with van der Waals surface area (Å²) in [5.41, 5.74) is 0.916. The predicted octanol–water partition coefficient (Wildman–Crippen LogP) is 4.12. The number of aromatic nitrogens is 1. The molecular formula is C23H25NO3. The molecule has 0 aliphatic rings. The maximum Gasteiger partial charge on any atom is 0.258 e. The fourth-order valence-electron chi connectivity index (χ4n) is 3.61. The summed E-state index contributed by atoms with van der Waals surface area (Å²) < 4.78 is 7.67. The quantitative estimate of drug-likeness (QED) is 0.742. The molecule has 1 N–H and O–H groups in total. The molecule has 0 spiro atoms. The second-order valence-electron chi connectivity index (χ2n) is 8.22. The highest BCUT2D eigenvalue weighted by molar-refractivity contribution is 5.83. The lowest BCUT2D eigenvalue weighted by molar-refractivity contribution is -0.0106. The van der Waals surface area contributed by atoms with Gasteiger partial charge in [0.15, 0.2) is 0 Å². The molecule has 0 aliphatic heterocycles. The van der Waals surface area contributed by atoms with Crippen molar-refractivity contribution in [1.29, 1.82) is 0 Å². The minimum atomic E-state index is -0.810. The molecule has 0 amide bonds. The van der Waals surface area contributed by atoms with Gasteiger partial charge in [0.1, 0.15) is 11.4 Å². The zero-order chi connectivity index (χ0) is 19.8. The maximum atomic E-state index is 12.7. The Morgan fingerprint density at radius 3 is 2.33 bits per heavy atom. The molecule has 2 aromatic carbocycles. The summed E-state index contributed by atoms with van der Waals surface area (Å²) in [6.07, 6.45) is 0.500. The fraction of sp³-hybridized carbons (Fsp3) is 0.348. The first-order chi connectivity index (χ1) is 12.6. The first-order valence-electron chi connectivity index (χ1n) is 8.99. The Hall–Kier alpha value is -2.77. The Morgan fingerprint density at radius 2 is 1.70 bits per heavy atom. The smallest absolute Gasteiger partial charge is 0.258 e. The van der Waals surface area contributed by atoms with Crippen molar-refractivity contribution in [3.8, 4) is 16.9 Å². The van der Waals surface area contributed by atoms with Crippen LogP contribution in [0.4, 0.5) is 0 Å². The summed E-state index contributed by atoms with van der Waals surface area (Å²) in [4.78, 5) is 12.7. The summed E-state index contributed by atoms with van der Waals surface area (Å²) in [5, 5.41) is 11.0. The molecule has 140 valence electrons. The van der Waals surface area contributed by atoms with Crippen LogP contribution in [-0.2, 0) is 7.05 Å². The van der Waals surface area contributed by atoms with E-state index < -0.39 is 11.2 Å². The summed E-state index contributed by atoms with van der Waals surface area (Å²) >= 11 is 0. The van der Waals surface area contributed by atoms with E-state index in [1.165, 1.54) is 0 Å². The summed E-state index contributed by atoms with van der Waals surface area (Å²) in [6, 6.07) is 18.8. The van der Waals surface area contributed by atoms with Gasteiger partial charge in [-0.2, -0.15) is 0 Å². The molecule has 4 heteroatoms. The number of benzene rings is 1. The molecule has 4 nitrogen and oxygen atoms in total. The van der Waals surface area contributed by atoms with Gasteiger partial charge >= 0.3 is 0 Å². The standard InChI is InChI=1S/C23H25NO3/c1-22(2,26)15-23(3,4)27-18-12-10-16(11-13-18)19-14-17-8-6-7-9-20(17)24(5)21(19)25/h8-14,26H,15H2,1-5H3. The average molecular weight is 363 g/mol. The van der Waals surface area contributed by atoms with Crippen LogP contribution in [0.1, 0.15) is 34.1 Å². The van der Waals surface area contributed by atoms with Crippen molar-refractivity contribution in [1.82, 2.24) is 4.57 Å². The first-order valence-corrected chi connectivity index (χ1v) is 8.99. The lowest BCUT2D eigenvalue weighted by Gasteiger charge is -2.32. The molecule has 3 rings (SSSR count). The highest BCUT2D eigenvalue weighted by Gasteiger charge is 2.28. The Morgan fingerprint density at radius 1 is 1.07 bits per heavy atom. The number of rotatable bonds is 5. The van der Waals surface area contributed by atoms with E-state index in [-0.39, 0.29) is 5.56 Å². The Labute approximate surface area is 160 Å². The minimum Gasteiger partial charge on any atom is -0.488 e. The topological polar surface area (TPSA) is 51.5 Å². The third kappa shape index (κ3) is 4.32. The predicted molar refractivity (Wildman–Crippen MR) is 108 cm³/mol. The van der Waals surface area contributed by atoms with Gasteiger partial charge in [-0.15, -0.1) is 0 Å². The van der Waals surface area contributed by atoms with E-state index in [0.717, 1.165) is 16.5 Å². The zero-order valence-electron chi connectivity index (χ0n) is 16.5. The van der Waals surface area contributed by atoms with E-state index in [1.54, 1.807) is 31.5 Å². The lowest BCUT2D eigenvalue weighted by atomic mass is 9.92. The number of fused-ring (bicyclic) bond motifs is 1. The second kappa shape index (κ2) is 6.75. The van der Waals surface area contributed by atoms with Crippen molar-refractivity contribution in [3.63, 3.8) is 0 Å². The van der Waals surface area contributed by atoms with Crippen molar-refractivity contribution >= 4 is 10.9 Å². The number of aliphatic hydroxyl groups is 1. The SMILES string of the molecule is Cn1c(=O)c(-c2ccc(OC(C)(C)CC(C)(C)O)cc2)cc2cc#ccc21. The molecule has 0 aliphatic carbocycles. The fourth-order valence-corrected chi connectivity index (χ4v) is 3.61. The van der Waals surface area contributed by atoms with Crippen molar-refractivity contribution in [3.05, 3.63) is 65.0 Å². The van der Waals surface area contributed by atoms with Crippen LogP contribution < -0.4 is 10.3 Å². The molecule has 0 fully saturated rings. The highest BCUT2D eigenvalue weighted by atomic mass is 16.5. The van der Waals surface area contributed by atoms with Gasteiger partial charge in [0, 0.05) is 30.5 Å². The molecule has 0 radical (unpaired) electrons. The van der Waals surface area contributed by atoms with Gasteiger partial charge in [-0.05, 0) is 57.5 Å². The molecular weight excluding hydrogens is 338 g/mol. The van der Waals surface area contributed by atoms with Crippen molar-refractivity contribution in [2.75, 3.05) is 0 Å². The van der Waals surface area contributed by atoms with Gasteiger partial charge in [0.25, 0.3) is 5.56 Å². The molecule has 0 bridgehead atoms. The van der Waals surface area contributed by atoms with E-state index in [9.17, 15) is 9.90 Å². The maximum absolute atomic E-state index is 12.7. The Bertz CT molecular complexity index is 1010. The Kier molecular flexibility index (Phi) is 4.75. The van der Waals surface area contributed by atoms with Crippen LogP contribution in [0.2, 0.25) is 0 Å². The number of nitrogens with zero attached hydrogens (tertiary/aromatic N) is 1. The van der Waals surface area contributed by atoms with Crippen LogP contribution in [0.15, 0.2) is 47.3 Å². The van der Waals surface area contributed by atoms with E-state index >= 15 is 0 Å². The molecule has 1 aromatic heterocycles. The molecule has 3 aromatic rings. The third-order valence-electron chi connectivity index (χ3n) is 4.43. The van der Waals surface area contributed by atoms with Crippen molar-refractivity contribution in [2.45, 2.75) is 45.3 Å². The number of ether oxygens (including phenoxy) is 1. The molecule has 0 saturated carbocycles. The zero-order valence-corrected chi connectivity index (χ0v) is 16.5. The van der Waals surface area contributed by atoms with Gasteiger partial charge in [-0.1, -0.05) is 24.3 Å². The third-order valence-corrected chi connectivity index (χ3v) is 4.43. The van der Waals surface area contributed by atoms with Crippen molar-refractivity contribution < 1.29 is 9.84 Å². The van der Waals surface area contributed by atoms with Crippen molar-refractivity contribution in [2.24, 2.45) is 7.05 Å². The van der Waals surface area contributed by atoms with Gasteiger partial charge in [-0.3, -0.25) is 4.79 Å². The minimum absolute atomic E-state index is 0.0573. The lowest BCUT2D eigenvalue weighted by Crippen LogP contribution is -2.37. The molecule has 0 unspecified atom stereocenters. The summed E-state index contributed by atoms with van der Waals surface area (Å²) in [5.74, 6) is 0.702. The number of hydrogen-bond donors (Lipinski definition) is 1. The van der Waals surface area contributed by atoms with E-state index in [4.69, 9.17) is 4.74 Å². The van der Waals surface area contributed by atoms with Crippen LogP contribution in [0.5, 0.6) is 5.75 Å². The highest BCUT2D eigenvalue weighted by Crippen LogP contribution is 2.28. The van der Waals surface area contributed by atoms with Crippen LogP contribution in [-0.4, -0.2) is 20.9 Å². The van der Waals surface area contributed by atoms with Gasteiger partial charge in [-0.25, -0.2) is 0 Å². The summed E-state index contributed by atoms with van der Waals surface area (Å²) in [7, 11) is 1.76. The normalized spacial score (nSPS) is 12.1. The molecule has 27 heavy (non-hydrogen) atoms. The second-order valence-corrected chi connectivity index (χ2v) is 8.22. The number of aryl methyl sites for hydroxylation is 1. The van der Waals surface area contributed by atoms with Gasteiger partial charge in [0.05, 0.1) is 11.1 Å². The van der Waals surface area contributed by atoms with Gasteiger partial charge < -0.3 is 14.4 Å². The largest absolute Gasteiger partial charge is 0.488 e. The van der Waals surface area contributed by atoms with Crippen LogP contribution in [0.25, 0.3) is 22.0 Å². The van der Waals surface area contributed by atoms with Crippen LogP contribution >= 0.6 is 0 Å². The molecule has 1 heterocycles. The number of hydrogen-bond acceptors (Lipinski definition) is 3. The summed E-state index contributed by atoms with van der Waals surface area (Å²) in [6.45, 7) is 7.44. The monoisotopic (exact) mass is 363 g/mol. The number of pyridine rings is 1. The van der Waals surface area contributed by atoms with E-state index in [2.05, 4.69) is 12.1 Å².